The number of benzene rings is 1. The van der Waals surface area contributed by atoms with Gasteiger partial charge in [-0.15, -0.1) is 0 Å². The molecule has 0 bridgehead atoms. The summed E-state index contributed by atoms with van der Waals surface area (Å²) in [6, 6.07) is 13.8. The normalized spacial score (nSPS) is 17.9. The van der Waals surface area contributed by atoms with E-state index in [1.807, 2.05) is 30.0 Å². The lowest BCUT2D eigenvalue weighted by Gasteiger charge is -2.46. The van der Waals surface area contributed by atoms with Gasteiger partial charge in [0.25, 0.3) is 0 Å². The fraction of sp³-hybridized carbons (Fsp3) is 0.385. The molecule has 0 N–H and O–H groups in total. The quantitative estimate of drug-likeness (QED) is 0.599. The Labute approximate surface area is 193 Å². The fourth-order valence-corrected chi connectivity index (χ4v) is 5.10. The highest BCUT2D eigenvalue weighted by atomic mass is 16.4. The summed E-state index contributed by atoms with van der Waals surface area (Å²) in [6.45, 7) is 4.83. The highest BCUT2D eigenvalue weighted by Crippen LogP contribution is 2.42. The van der Waals surface area contributed by atoms with Gasteiger partial charge in [0.2, 0.25) is 11.8 Å². The minimum absolute atomic E-state index is 0.268. The number of hydrogen-bond acceptors (Lipinski definition) is 6. The molecule has 2 aliphatic heterocycles. The number of rotatable bonds is 4. The topological polar surface area (TPSA) is 86.3 Å². The van der Waals surface area contributed by atoms with Crippen molar-refractivity contribution in [3.8, 4) is 17.5 Å². The molecule has 0 aliphatic carbocycles. The Morgan fingerprint density at radius 2 is 1.97 bits per heavy atom. The molecule has 2 saturated heterocycles. The van der Waals surface area contributed by atoms with Gasteiger partial charge in [-0.2, -0.15) is 5.26 Å². The Morgan fingerprint density at radius 3 is 2.73 bits per heavy atom. The summed E-state index contributed by atoms with van der Waals surface area (Å²) in [5.41, 5.74) is 2.34. The maximum atomic E-state index is 13.6. The average Bonchev–Trinajstić information content (AvgIpc) is 3.29. The Kier molecular flexibility index (Phi) is 5.59. The van der Waals surface area contributed by atoms with Crippen molar-refractivity contribution in [1.29, 1.82) is 5.26 Å². The zero-order valence-electron chi connectivity index (χ0n) is 18.8. The number of nitrogens with zero attached hydrogens (tertiary/aromatic N) is 5. The van der Waals surface area contributed by atoms with Crippen LogP contribution in [-0.4, -0.2) is 40.4 Å². The standard InChI is InChI=1S/C26H27N5O2/c1-19-17-29-24(33-19)22-5-2-4-21(14-22)18-31-11-3-7-26(25(31)32)8-12-30(13-9-26)23-15-20(16-27)6-10-28-23/h2,4-6,10,14-15,17H,3,7-9,11-13,18H2,1H3. The number of piperidine rings is 2. The lowest BCUT2D eigenvalue weighted by atomic mass is 9.71. The molecule has 5 rings (SSSR count). The van der Waals surface area contributed by atoms with Crippen LogP contribution in [0.5, 0.6) is 0 Å². The molecule has 3 aromatic rings. The zero-order valence-corrected chi connectivity index (χ0v) is 18.8. The molecule has 1 spiro atoms. The summed E-state index contributed by atoms with van der Waals surface area (Å²) in [5, 5.41) is 9.17. The zero-order chi connectivity index (χ0) is 22.8. The van der Waals surface area contributed by atoms with Crippen LogP contribution >= 0.6 is 0 Å². The first-order valence-electron chi connectivity index (χ1n) is 11.5. The van der Waals surface area contributed by atoms with Crippen molar-refractivity contribution in [3.05, 3.63) is 65.7 Å². The summed E-state index contributed by atoms with van der Waals surface area (Å²) in [4.78, 5) is 26.6. The molecule has 0 atom stereocenters. The number of aryl methyl sites for hydroxylation is 1. The van der Waals surface area contributed by atoms with Crippen LogP contribution in [0.15, 0.2) is 53.2 Å². The molecule has 0 saturated carbocycles. The van der Waals surface area contributed by atoms with Gasteiger partial charge in [-0.3, -0.25) is 4.79 Å². The number of nitriles is 1. The van der Waals surface area contributed by atoms with Crippen molar-refractivity contribution in [2.45, 2.75) is 39.2 Å². The predicted octanol–water partition coefficient (Wildman–Crippen LogP) is 4.33. The van der Waals surface area contributed by atoms with Crippen molar-refractivity contribution in [2.24, 2.45) is 5.41 Å². The van der Waals surface area contributed by atoms with Crippen LogP contribution in [0.3, 0.4) is 0 Å². The van der Waals surface area contributed by atoms with Gasteiger partial charge in [-0.25, -0.2) is 9.97 Å². The van der Waals surface area contributed by atoms with Gasteiger partial charge in [-0.05, 0) is 62.4 Å². The molecule has 2 aliphatic rings. The summed E-state index contributed by atoms with van der Waals surface area (Å²) in [7, 11) is 0. The van der Waals surface area contributed by atoms with Gasteiger partial charge < -0.3 is 14.2 Å². The number of aromatic nitrogens is 2. The monoisotopic (exact) mass is 441 g/mol. The van der Waals surface area contributed by atoms with E-state index >= 15 is 0 Å². The number of oxazole rings is 1. The molecule has 1 aromatic carbocycles. The van der Waals surface area contributed by atoms with Crippen LogP contribution in [0, 0.1) is 23.7 Å². The van der Waals surface area contributed by atoms with E-state index in [2.05, 4.69) is 33.1 Å². The SMILES string of the molecule is Cc1cnc(-c2cccc(CN3CCCC4(CCN(c5cc(C#N)ccn5)CC4)C3=O)c2)o1. The van der Waals surface area contributed by atoms with Gasteiger partial charge >= 0.3 is 0 Å². The van der Waals surface area contributed by atoms with Crippen molar-refractivity contribution < 1.29 is 9.21 Å². The van der Waals surface area contributed by atoms with E-state index in [0.717, 1.165) is 68.0 Å². The second kappa shape index (κ2) is 8.70. The molecule has 0 unspecified atom stereocenters. The van der Waals surface area contributed by atoms with Crippen LogP contribution in [0.4, 0.5) is 5.82 Å². The summed E-state index contributed by atoms with van der Waals surface area (Å²) in [6.07, 6.45) is 6.99. The molecule has 168 valence electrons. The van der Waals surface area contributed by atoms with Crippen molar-refractivity contribution >= 4 is 11.7 Å². The van der Waals surface area contributed by atoms with Crippen LogP contribution in [-0.2, 0) is 11.3 Å². The minimum atomic E-state index is -0.293. The molecule has 1 amide bonds. The Morgan fingerprint density at radius 1 is 1.12 bits per heavy atom. The molecule has 2 fully saturated rings. The van der Waals surface area contributed by atoms with Gasteiger partial charge in [0.05, 0.1) is 23.2 Å². The van der Waals surface area contributed by atoms with E-state index in [0.29, 0.717) is 18.0 Å². The van der Waals surface area contributed by atoms with Crippen molar-refractivity contribution in [1.82, 2.24) is 14.9 Å². The smallest absolute Gasteiger partial charge is 0.229 e. The highest BCUT2D eigenvalue weighted by molar-refractivity contribution is 5.84. The fourth-order valence-electron chi connectivity index (χ4n) is 5.10. The van der Waals surface area contributed by atoms with E-state index in [-0.39, 0.29) is 11.3 Å². The first kappa shape index (κ1) is 21.2. The Hall–Kier alpha value is -3.66. The first-order chi connectivity index (χ1) is 16.1. The van der Waals surface area contributed by atoms with E-state index in [4.69, 9.17) is 4.42 Å². The molecule has 7 nitrogen and oxygen atoms in total. The number of likely N-dealkylation sites (tertiary alicyclic amines) is 1. The lowest BCUT2D eigenvalue weighted by molar-refractivity contribution is -0.148. The molecular weight excluding hydrogens is 414 g/mol. The van der Waals surface area contributed by atoms with E-state index in [1.54, 1.807) is 18.5 Å². The molecule has 2 aromatic heterocycles. The molecular formula is C26H27N5O2. The maximum absolute atomic E-state index is 13.6. The number of carbonyl (C=O) groups is 1. The number of hydrogen-bond donors (Lipinski definition) is 0. The van der Waals surface area contributed by atoms with Crippen LogP contribution in [0.2, 0.25) is 0 Å². The van der Waals surface area contributed by atoms with Gasteiger partial charge in [-0.1, -0.05) is 12.1 Å². The molecule has 33 heavy (non-hydrogen) atoms. The lowest BCUT2D eigenvalue weighted by Crippen LogP contribution is -2.53. The largest absolute Gasteiger partial charge is 0.441 e. The third kappa shape index (κ3) is 4.21. The van der Waals surface area contributed by atoms with Gasteiger partial charge in [0.1, 0.15) is 11.6 Å². The van der Waals surface area contributed by atoms with Crippen molar-refractivity contribution in [3.63, 3.8) is 0 Å². The number of anilines is 1. The van der Waals surface area contributed by atoms with Crippen LogP contribution in [0.1, 0.15) is 42.6 Å². The third-order valence-corrected chi connectivity index (χ3v) is 6.91. The number of amides is 1. The predicted molar refractivity (Wildman–Crippen MR) is 124 cm³/mol. The Balaban J connectivity index is 1.28. The van der Waals surface area contributed by atoms with Gasteiger partial charge in [0, 0.05) is 37.9 Å². The highest BCUT2D eigenvalue weighted by Gasteiger charge is 2.45. The molecule has 7 heteroatoms. The van der Waals surface area contributed by atoms with Crippen molar-refractivity contribution in [2.75, 3.05) is 24.5 Å². The maximum Gasteiger partial charge on any atom is 0.229 e. The summed E-state index contributed by atoms with van der Waals surface area (Å²) >= 11 is 0. The second-order valence-electron chi connectivity index (χ2n) is 9.09. The van der Waals surface area contributed by atoms with Crippen LogP contribution in [0.25, 0.3) is 11.5 Å². The Bertz CT molecular complexity index is 1200. The summed E-state index contributed by atoms with van der Waals surface area (Å²) in [5.74, 6) is 2.48. The first-order valence-corrected chi connectivity index (χ1v) is 11.5. The van der Waals surface area contributed by atoms with E-state index in [9.17, 15) is 10.1 Å². The molecule has 4 heterocycles. The van der Waals surface area contributed by atoms with E-state index in [1.165, 1.54) is 0 Å². The number of pyridine rings is 1. The van der Waals surface area contributed by atoms with Gasteiger partial charge in [0.15, 0.2) is 0 Å². The van der Waals surface area contributed by atoms with E-state index < -0.39 is 0 Å². The minimum Gasteiger partial charge on any atom is -0.441 e. The molecule has 0 radical (unpaired) electrons. The second-order valence-corrected chi connectivity index (χ2v) is 9.09. The average molecular weight is 442 g/mol. The third-order valence-electron chi connectivity index (χ3n) is 6.91. The van der Waals surface area contributed by atoms with Crippen LogP contribution < -0.4 is 4.90 Å². The number of carbonyl (C=O) groups excluding carboxylic acids is 1. The summed E-state index contributed by atoms with van der Waals surface area (Å²) < 4.78 is 5.67.